The minimum absolute atomic E-state index is 0.261. The van der Waals surface area contributed by atoms with Crippen LogP contribution in [0.15, 0.2) is 12.3 Å². The Hall–Kier alpha value is -1.49. The van der Waals surface area contributed by atoms with Crippen molar-refractivity contribution < 1.29 is 0 Å². The summed E-state index contributed by atoms with van der Waals surface area (Å²) < 4.78 is 0. The third-order valence-electron chi connectivity index (χ3n) is 1.83. The monoisotopic (exact) mass is 192 g/mol. The number of hydrogen-bond acceptors (Lipinski definition) is 3. The zero-order valence-corrected chi connectivity index (χ0v) is 7.85. The van der Waals surface area contributed by atoms with Crippen LogP contribution >= 0.6 is 12.2 Å². The Kier molecular flexibility index (Phi) is 1.73. The summed E-state index contributed by atoms with van der Waals surface area (Å²) in [7, 11) is 0. The highest BCUT2D eigenvalue weighted by Crippen LogP contribution is 2.12. The van der Waals surface area contributed by atoms with E-state index in [9.17, 15) is 0 Å². The third-order valence-corrected chi connectivity index (χ3v) is 2.03. The first-order valence-corrected chi connectivity index (χ1v) is 4.20. The van der Waals surface area contributed by atoms with E-state index >= 15 is 0 Å². The number of nitrogens with one attached hydrogen (secondary N) is 1. The quantitative estimate of drug-likeness (QED) is 0.659. The van der Waals surface area contributed by atoms with E-state index < -0.39 is 0 Å². The molecule has 0 aromatic carbocycles. The van der Waals surface area contributed by atoms with Gasteiger partial charge in [0, 0.05) is 6.20 Å². The molecule has 0 bridgehead atoms. The summed E-state index contributed by atoms with van der Waals surface area (Å²) in [6, 6.07) is 1.91. The van der Waals surface area contributed by atoms with Crippen molar-refractivity contribution in [1.82, 2.24) is 15.0 Å². The van der Waals surface area contributed by atoms with Crippen LogP contribution < -0.4 is 5.73 Å². The van der Waals surface area contributed by atoms with Crippen molar-refractivity contribution in [3.8, 4) is 0 Å². The topological polar surface area (TPSA) is 67.6 Å². The number of rotatable bonds is 1. The number of nitrogens with zero attached hydrogens (tertiary/aromatic N) is 2. The first-order valence-electron chi connectivity index (χ1n) is 3.79. The lowest BCUT2D eigenvalue weighted by molar-refractivity contribution is 1.26. The number of nitrogens with two attached hydrogens (primary N) is 1. The molecule has 2 rings (SSSR count). The Balaban J connectivity index is 2.75. The van der Waals surface area contributed by atoms with Crippen molar-refractivity contribution in [2.24, 2.45) is 5.73 Å². The maximum Gasteiger partial charge on any atom is 0.178 e. The van der Waals surface area contributed by atoms with Crippen LogP contribution in [-0.2, 0) is 0 Å². The SMILES string of the molecule is Cc1ccnc2nc(C(N)=S)[nH]c12. The fraction of sp³-hybridized carbons (Fsp3) is 0.125. The van der Waals surface area contributed by atoms with Gasteiger partial charge >= 0.3 is 0 Å². The summed E-state index contributed by atoms with van der Waals surface area (Å²) in [5.74, 6) is 0.520. The zero-order chi connectivity index (χ0) is 9.42. The normalized spacial score (nSPS) is 10.5. The molecule has 0 spiro atoms. The Morgan fingerprint density at radius 2 is 2.38 bits per heavy atom. The number of aromatic nitrogens is 3. The number of thiocarbonyl (C=S) groups is 1. The minimum Gasteiger partial charge on any atom is -0.387 e. The molecule has 0 amide bonds. The van der Waals surface area contributed by atoms with Crippen molar-refractivity contribution in [1.29, 1.82) is 0 Å². The van der Waals surface area contributed by atoms with E-state index in [1.54, 1.807) is 6.20 Å². The predicted molar refractivity (Wildman–Crippen MR) is 54.5 cm³/mol. The Bertz CT molecular complexity index is 474. The number of aryl methyl sites for hydroxylation is 1. The van der Waals surface area contributed by atoms with Gasteiger partial charge in [-0.05, 0) is 18.6 Å². The Morgan fingerprint density at radius 3 is 3.00 bits per heavy atom. The lowest BCUT2D eigenvalue weighted by atomic mass is 10.3. The largest absolute Gasteiger partial charge is 0.387 e. The highest BCUT2D eigenvalue weighted by atomic mass is 32.1. The molecule has 3 N–H and O–H groups in total. The van der Waals surface area contributed by atoms with Gasteiger partial charge in [0.2, 0.25) is 0 Å². The molecule has 0 aliphatic heterocycles. The Morgan fingerprint density at radius 1 is 1.62 bits per heavy atom. The fourth-order valence-corrected chi connectivity index (χ4v) is 1.25. The fourth-order valence-electron chi connectivity index (χ4n) is 1.15. The molecule has 2 aromatic rings. The molecule has 4 nitrogen and oxygen atoms in total. The van der Waals surface area contributed by atoms with E-state index in [0.29, 0.717) is 11.5 Å². The second-order valence-electron chi connectivity index (χ2n) is 2.78. The lowest BCUT2D eigenvalue weighted by Gasteiger charge is -1.90. The highest BCUT2D eigenvalue weighted by Gasteiger charge is 2.06. The van der Waals surface area contributed by atoms with Crippen LogP contribution in [0.5, 0.6) is 0 Å². The summed E-state index contributed by atoms with van der Waals surface area (Å²) in [6.07, 6.45) is 1.71. The van der Waals surface area contributed by atoms with E-state index in [1.807, 2.05) is 13.0 Å². The van der Waals surface area contributed by atoms with Crippen LogP contribution in [0.1, 0.15) is 11.4 Å². The summed E-state index contributed by atoms with van der Waals surface area (Å²) in [5.41, 5.74) is 8.07. The van der Waals surface area contributed by atoms with Crippen molar-refractivity contribution >= 4 is 28.4 Å². The maximum absolute atomic E-state index is 5.44. The third kappa shape index (κ3) is 1.27. The number of aromatic amines is 1. The molecule has 66 valence electrons. The van der Waals surface area contributed by atoms with Gasteiger partial charge in [-0.3, -0.25) is 0 Å². The number of imidazole rings is 1. The van der Waals surface area contributed by atoms with Crippen molar-refractivity contribution in [3.05, 3.63) is 23.7 Å². The van der Waals surface area contributed by atoms with E-state index in [2.05, 4.69) is 15.0 Å². The van der Waals surface area contributed by atoms with Gasteiger partial charge in [0.05, 0.1) is 5.52 Å². The van der Waals surface area contributed by atoms with Gasteiger partial charge < -0.3 is 10.7 Å². The van der Waals surface area contributed by atoms with E-state index in [4.69, 9.17) is 18.0 Å². The Labute approximate surface area is 80.2 Å². The predicted octanol–water partition coefficient (Wildman–Crippen LogP) is 0.901. The molecule has 0 radical (unpaired) electrons. The van der Waals surface area contributed by atoms with Crippen LogP contribution in [0.2, 0.25) is 0 Å². The van der Waals surface area contributed by atoms with E-state index in [0.717, 1.165) is 11.1 Å². The number of pyridine rings is 1. The molecule has 0 saturated heterocycles. The van der Waals surface area contributed by atoms with Gasteiger partial charge in [0.25, 0.3) is 0 Å². The van der Waals surface area contributed by atoms with Crippen LogP contribution in [-0.4, -0.2) is 19.9 Å². The summed E-state index contributed by atoms with van der Waals surface area (Å²) in [6.45, 7) is 1.98. The van der Waals surface area contributed by atoms with Crippen LogP contribution in [0.4, 0.5) is 0 Å². The average Bonchev–Trinajstić information content (AvgIpc) is 2.49. The van der Waals surface area contributed by atoms with Gasteiger partial charge in [-0.15, -0.1) is 0 Å². The zero-order valence-electron chi connectivity index (χ0n) is 7.03. The maximum atomic E-state index is 5.44. The molecule has 13 heavy (non-hydrogen) atoms. The van der Waals surface area contributed by atoms with Crippen LogP contribution in [0.3, 0.4) is 0 Å². The molecular weight excluding hydrogens is 184 g/mol. The smallest absolute Gasteiger partial charge is 0.178 e. The molecule has 0 saturated carbocycles. The molecular formula is C8H8N4S. The number of hydrogen-bond donors (Lipinski definition) is 2. The van der Waals surface area contributed by atoms with Crippen molar-refractivity contribution in [2.75, 3.05) is 0 Å². The standard InChI is InChI=1S/C8H8N4S/c1-4-2-3-10-7-5(4)11-8(12-7)6(9)13/h2-3H,1H3,(H2,9,13)(H,10,11,12). The van der Waals surface area contributed by atoms with Crippen molar-refractivity contribution in [2.45, 2.75) is 6.92 Å². The van der Waals surface area contributed by atoms with E-state index in [1.165, 1.54) is 0 Å². The summed E-state index contributed by atoms with van der Waals surface area (Å²) >= 11 is 4.80. The first kappa shape index (κ1) is 8.12. The second kappa shape index (κ2) is 2.77. The second-order valence-corrected chi connectivity index (χ2v) is 3.22. The molecule has 0 fully saturated rings. The van der Waals surface area contributed by atoms with Crippen LogP contribution in [0, 0.1) is 6.92 Å². The van der Waals surface area contributed by atoms with Gasteiger partial charge in [0.15, 0.2) is 11.5 Å². The van der Waals surface area contributed by atoms with E-state index in [-0.39, 0.29) is 4.99 Å². The molecule has 0 aliphatic carbocycles. The van der Waals surface area contributed by atoms with Gasteiger partial charge in [0.1, 0.15) is 4.99 Å². The average molecular weight is 192 g/mol. The van der Waals surface area contributed by atoms with Crippen LogP contribution in [0.25, 0.3) is 11.2 Å². The summed E-state index contributed by atoms with van der Waals surface area (Å²) in [5, 5.41) is 0. The molecule has 2 aromatic heterocycles. The molecule has 5 heteroatoms. The number of H-pyrrole nitrogens is 1. The minimum atomic E-state index is 0.261. The highest BCUT2D eigenvalue weighted by molar-refractivity contribution is 7.80. The molecule has 0 atom stereocenters. The van der Waals surface area contributed by atoms with Gasteiger partial charge in [-0.1, -0.05) is 12.2 Å². The van der Waals surface area contributed by atoms with Crippen molar-refractivity contribution in [3.63, 3.8) is 0 Å². The van der Waals surface area contributed by atoms with Gasteiger partial charge in [-0.2, -0.15) is 0 Å². The molecule has 0 unspecified atom stereocenters. The lowest BCUT2D eigenvalue weighted by Crippen LogP contribution is -2.10. The molecule has 2 heterocycles. The van der Waals surface area contributed by atoms with Gasteiger partial charge in [-0.25, -0.2) is 9.97 Å². The molecule has 0 aliphatic rings. The number of fused-ring (bicyclic) bond motifs is 1. The first-order chi connectivity index (χ1) is 6.18. The summed E-state index contributed by atoms with van der Waals surface area (Å²) in [4.78, 5) is 11.5.